The van der Waals surface area contributed by atoms with Crippen molar-refractivity contribution in [2.75, 3.05) is 31.4 Å². The summed E-state index contributed by atoms with van der Waals surface area (Å²) in [6.07, 6.45) is 0. The van der Waals surface area contributed by atoms with Crippen LogP contribution in [-0.4, -0.2) is 21.2 Å². The summed E-state index contributed by atoms with van der Waals surface area (Å²) in [6.45, 7) is 0.680. The first-order valence-electron chi connectivity index (χ1n) is 6.55. The average Bonchev–Trinajstić information content (AvgIpc) is 2.46. The van der Waals surface area contributed by atoms with Gasteiger partial charge in [0.2, 0.25) is 0 Å². The molecule has 0 saturated heterocycles. The number of hydrogen-bond acceptors (Lipinski definition) is 3. The molecule has 0 aliphatic rings. The molecular weight excluding hydrogens is 352 g/mol. The van der Waals surface area contributed by atoms with Crippen molar-refractivity contribution in [2.45, 2.75) is 6.54 Å². The van der Waals surface area contributed by atoms with Gasteiger partial charge in [-0.3, -0.25) is 0 Å². The quantitative estimate of drug-likeness (QED) is 0.820. The van der Waals surface area contributed by atoms with Crippen LogP contribution in [0, 0.1) is 0 Å². The van der Waals surface area contributed by atoms with Crippen LogP contribution in [0.25, 0.3) is 0 Å². The van der Waals surface area contributed by atoms with E-state index in [0.717, 1.165) is 32.2 Å². The summed E-state index contributed by atoms with van der Waals surface area (Å²) in [5.41, 5.74) is 3.11. The van der Waals surface area contributed by atoms with Gasteiger partial charge < -0.3 is 15.0 Å². The zero-order chi connectivity index (χ0) is 15.4. The van der Waals surface area contributed by atoms with Crippen molar-refractivity contribution >= 4 is 38.9 Å². The van der Waals surface area contributed by atoms with Crippen molar-refractivity contribution in [2.24, 2.45) is 0 Å². The zero-order valence-corrected chi connectivity index (χ0v) is 14.6. The van der Waals surface area contributed by atoms with Gasteiger partial charge in [-0.2, -0.15) is 0 Å². The third-order valence-electron chi connectivity index (χ3n) is 3.16. The van der Waals surface area contributed by atoms with Crippen molar-refractivity contribution < 1.29 is 4.74 Å². The smallest absolute Gasteiger partial charge is 0.119 e. The van der Waals surface area contributed by atoms with Gasteiger partial charge in [0.15, 0.2) is 0 Å². The third kappa shape index (κ3) is 3.83. The minimum atomic E-state index is 0.680. The maximum Gasteiger partial charge on any atom is 0.119 e. The van der Waals surface area contributed by atoms with Crippen molar-refractivity contribution in [3.05, 3.63) is 51.5 Å². The summed E-state index contributed by atoms with van der Waals surface area (Å²) in [6, 6.07) is 11.8. The molecule has 0 aliphatic carbocycles. The summed E-state index contributed by atoms with van der Waals surface area (Å²) in [4.78, 5) is 2.01. The number of benzene rings is 2. The Morgan fingerprint density at radius 2 is 2.00 bits per heavy atom. The summed E-state index contributed by atoms with van der Waals surface area (Å²) in [5, 5.41) is 4.16. The number of nitrogens with zero attached hydrogens (tertiary/aromatic N) is 1. The number of ether oxygens (including phenoxy) is 1. The molecule has 2 aromatic rings. The van der Waals surface area contributed by atoms with E-state index in [2.05, 4.69) is 21.2 Å². The molecule has 0 spiro atoms. The van der Waals surface area contributed by atoms with Crippen LogP contribution in [0.3, 0.4) is 0 Å². The van der Waals surface area contributed by atoms with E-state index < -0.39 is 0 Å². The molecule has 2 rings (SSSR count). The predicted molar refractivity (Wildman–Crippen MR) is 93.8 cm³/mol. The van der Waals surface area contributed by atoms with Crippen LogP contribution in [-0.2, 0) is 6.54 Å². The summed E-state index contributed by atoms with van der Waals surface area (Å²) >= 11 is 9.84. The van der Waals surface area contributed by atoms with Crippen molar-refractivity contribution in [3.63, 3.8) is 0 Å². The molecule has 0 unspecified atom stereocenters. The molecular formula is C16H18BrClN2O. The van der Waals surface area contributed by atoms with E-state index in [1.807, 2.05) is 55.4 Å². The largest absolute Gasteiger partial charge is 0.497 e. The maximum absolute atomic E-state index is 6.27. The molecule has 0 heterocycles. The van der Waals surface area contributed by atoms with Crippen LogP contribution in [0.1, 0.15) is 5.56 Å². The topological polar surface area (TPSA) is 24.5 Å². The number of halogens is 2. The van der Waals surface area contributed by atoms with E-state index in [1.54, 1.807) is 7.11 Å². The number of anilines is 2. The summed E-state index contributed by atoms with van der Waals surface area (Å²) < 4.78 is 6.31. The van der Waals surface area contributed by atoms with Gasteiger partial charge in [0, 0.05) is 25.1 Å². The van der Waals surface area contributed by atoms with E-state index in [1.165, 1.54) is 0 Å². The highest BCUT2D eigenvalue weighted by atomic mass is 79.9. The normalized spacial score (nSPS) is 10.3. The van der Waals surface area contributed by atoms with Crippen molar-refractivity contribution in [1.82, 2.24) is 0 Å². The van der Waals surface area contributed by atoms with Gasteiger partial charge in [0.25, 0.3) is 0 Å². The third-order valence-corrected chi connectivity index (χ3v) is 4.23. The molecule has 5 heteroatoms. The second-order valence-electron chi connectivity index (χ2n) is 4.84. The maximum atomic E-state index is 6.27. The van der Waals surface area contributed by atoms with E-state index in [0.29, 0.717) is 6.54 Å². The van der Waals surface area contributed by atoms with Crippen LogP contribution >= 0.6 is 27.5 Å². The first kappa shape index (κ1) is 16.0. The van der Waals surface area contributed by atoms with Gasteiger partial charge in [0.05, 0.1) is 23.5 Å². The molecule has 0 atom stereocenters. The molecule has 1 N–H and O–H groups in total. The lowest BCUT2D eigenvalue weighted by Crippen LogP contribution is -2.13. The van der Waals surface area contributed by atoms with Crippen molar-refractivity contribution in [3.8, 4) is 5.75 Å². The highest BCUT2D eigenvalue weighted by Crippen LogP contribution is 2.33. The predicted octanol–water partition coefficient (Wildman–Crippen LogP) is 4.79. The lowest BCUT2D eigenvalue weighted by Gasteiger charge is -2.20. The molecule has 0 aromatic heterocycles. The van der Waals surface area contributed by atoms with Crippen LogP contribution < -0.4 is 15.0 Å². The first-order valence-corrected chi connectivity index (χ1v) is 7.72. The molecule has 0 bridgehead atoms. The van der Waals surface area contributed by atoms with Crippen LogP contribution in [0.15, 0.2) is 40.9 Å². The second kappa shape index (κ2) is 7.05. The van der Waals surface area contributed by atoms with E-state index >= 15 is 0 Å². The van der Waals surface area contributed by atoms with Gasteiger partial charge in [-0.15, -0.1) is 0 Å². The Balaban J connectivity index is 2.23. The van der Waals surface area contributed by atoms with Gasteiger partial charge in [-0.1, -0.05) is 33.6 Å². The highest BCUT2D eigenvalue weighted by Gasteiger charge is 2.09. The minimum absolute atomic E-state index is 0.680. The Morgan fingerprint density at radius 1 is 1.24 bits per heavy atom. The van der Waals surface area contributed by atoms with E-state index in [4.69, 9.17) is 16.3 Å². The number of para-hydroxylation sites is 1. The minimum Gasteiger partial charge on any atom is -0.497 e. The van der Waals surface area contributed by atoms with Crippen molar-refractivity contribution in [1.29, 1.82) is 0 Å². The van der Waals surface area contributed by atoms with Gasteiger partial charge in [-0.05, 0) is 35.9 Å². The Labute approximate surface area is 139 Å². The van der Waals surface area contributed by atoms with Gasteiger partial charge in [-0.25, -0.2) is 0 Å². The first-order chi connectivity index (χ1) is 10.0. The average molecular weight is 370 g/mol. The Kier molecular flexibility index (Phi) is 5.37. The Morgan fingerprint density at radius 3 is 2.67 bits per heavy atom. The number of rotatable bonds is 5. The molecule has 21 heavy (non-hydrogen) atoms. The fraction of sp³-hybridized carbons (Fsp3) is 0.250. The zero-order valence-electron chi connectivity index (χ0n) is 12.3. The lowest BCUT2D eigenvalue weighted by molar-refractivity contribution is 0.414. The van der Waals surface area contributed by atoms with Crippen LogP contribution in [0.5, 0.6) is 5.75 Å². The standard InChI is InChI=1S/C16H18BrClN2O/c1-20(2)16-14(18)5-4-6-15(16)19-10-11-9-12(21-3)7-8-13(11)17/h4-9,19H,10H2,1-3H3. The Bertz CT molecular complexity index is 632. The molecule has 0 fully saturated rings. The molecule has 3 nitrogen and oxygen atoms in total. The molecule has 0 saturated carbocycles. The number of hydrogen-bond donors (Lipinski definition) is 1. The van der Waals surface area contributed by atoms with E-state index in [9.17, 15) is 0 Å². The molecule has 0 amide bonds. The Hall–Kier alpha value is -1.39. The van der Waals surface area contributed by atoms with Crippen LogP contribution in [0.2, 0.25) is 5.02 Å². The van der Waals surface area contributed by atoms with Gasteiger partial charge in [0.1, 0.15) is 5.75 Å². The fourth-order valence-electron chi connectivity index (χ4n) is 2.12. The fourth-order valence-corrected chi connectivity index (χ4v) is 2.85. The highest BCUT2D eigenvalue weighted by molar-refractivity contribution is 9.10. The number of methoxy groups -OCH3 is 1. The summed E-state index contributed by atoms with van der Waals surface area (Å²) in [7, 11) is 5.63. The molecule has 0 aliphatic heterocycles. The molecule has 0 radical (unpaired) electrons. The van der Waals surface area contributed by atoms with Gasteiger partial charge >= 0.3 is 0 Å². The monoisotopic (exact) mass is 368 g/mol. The molecule has 112 valence electrons. The summed E-state index contributed by atoms with van der Waals surface area (Å²) in [5.74, 6) is 0.842. The molecule has 2 aromatic carbocycles. The number of nitrogens with one attached hydrogen (secondary N) is 1. The van der Waals surface area contributed by atoms with Crippen LogP contribution in [0.4, 0.5) is 11.4 Å². The van der Waals surface area contributed by atoms with E-state index in [-0.39, 0.29) is 0 Å². The second-order valence-corrected chi connectivity index (χ2v) is 6.10. The lowest BCUT2D eigenvalue weighted by atomic mass is 10.2. The SMILES string of the molecule is COc1ccc(Br)c(CNc2cccc(Cl)c2N(C)C)c1.